The zero-order valence-electron chi connectivity index (χ0n) is 10.9. The third-order valence-electron chi connectivity index (χ3n) is 2.71. The average Bonchev–Trinajstić information content (AvgIpc) is 2.43. The summed E-state index contributed by atoms with van der Waals surface area (Å²) in [5.74, 6) is -0.347. The normalized spacial score (nSPS) is 9.89. The minimum atomic E-state index is -0.347. The van der Waals surface area contributed by atoms with Crippen LogP contribution in [0.2, 0.25) is 0 Å². The van der Waals surface area contributed by atoms with Crippen molar-refractivity contribution in [3.8, 4) is 0 Å². The van der Waals surface area contributed by atoms with Gasteiger partial charge in [-0.05, 0) is 24.1 Å². The number of carbonyl (C=O) groups excluding carboxylic acids is 2. The molecular formula is C14H19NO3. The molecule has 0 aromatic heterocycles. The summed E-state index contributed by atoms with van der Waals surface area (Å²) in [7, 11) is 1.36. The van der Waals surface area contributed by atoms with E-state index < -0.39 is 0 Å². The van der Waals surface area contributed by atoms with Gasteiger partial charge in [-0.3, -0.25) is 4.79 Å². The molecule has 0 saturated heterocycles. The lowest BCUT2D eigenvalue weighted by atomic mass is 10.1. The monoisotopic (exact) mass is 249 g/mol. The van der Waals surface area contributed by atoms with E-state index in [0.29, 0.717) is 12.1 Å². The third kappa shape index (κ3) is 4.20. The van der Waals surface area contributed by atoms with E-state index in [9.17, 15) is 9.59 Å². The summed E-state index contributed by atoms with van der Waals surface area (Å²) in [6.45, 7) is 3.43. The molecule has 1 aromatic rings. The highest BCUT2D eigenvalue weighted by Gasteiger charge is 2.06. The van der Waals surface area contributed by atoms with Gasteiger partial charge < -0.3 is 9.64 Å². The van der Waals surface area contributed by atoms with E-state index in [0.717, 1.165) is 31.4 Å². The first-order valence-electron chi connectivity index (χ1n) is 6.07. The van der Waals surface area contributed by atoms with Crippen LogP contribution in [0.5, 0.6) is 0 Å². The minimum absolute atomic E-state index is 0.347. The Morgan fingerprint density at radius 2 is 2.00 bits per heavy atom. The summed E-state index contributed by atoms with van der Waals surface area (Å²) in [6.07, 6.45) is 2.93. The Bertz CT molecular complexity index is 387. The van der Waals surface area contributed by atoms with Crippen molar-refractivity contribution < 1.29 is 14.3 Å². The second-order valence-electron chi connectivity index (χ2n) is 4.12. The van der Waals surface area contributed by atoms with Crippen LogP contribution in [0, 0.1) is 0 Å². The summed E-state index contributed by atoms with van der Waals surface area (Å²) in [5, 5.41) is 0. The number of unbranched alkanes of at least 4 members (excludes halogenated alkanes) is 1. The molecule has 0 atom stereocenters. The second kappa shape index (κ2) is 7.48. The third-order valence-corrected chi connectivity index (χ3v) is 2.71. The van der Waals surface area contributed by atoms with Gasteiger partial charge in [0.2, 0.25) is 6.41 Å². The number of ether oxygens (including phenoxy) is 1. The SMILES string of the molecule is CCCCN(C=O)Cc1ccc(C(=O)OC)cc1. The predicted molar refractivity (Wildman–Crippen MR) is 69.2 cm³/mol. The van der Waals surface area contributed by atoms with Gasteiger partial charge in [-0.15, -0.1) is 0 Å². The Morgan fingerprint density at radius 1 is 1.33 bits per heavy atom. The maximum Gasteiger partial charge on any atom is 0.337 e. The lowest BCUT2D eigenvalue weighted by Crippen LogP contribution is -2.22. The van der Waals surface area contributed by atoms with E-state index in [-0.39, 0.29) is 5.97 Å². The number of hydrogen-bond acceptors (Lipinski definition) is 3. The van der Waals surface area contributed by atoms with Gasteiger partial charge in [-0.1, -0.05) is 25.5 Å². The highest BCUT2D eigenvalue weighted by atomic mass is 16.5. The molecule has 98 valence electrons. The van der Waals surface area contributed by atoms with Gasteiger partial charge >= 0.3 is 5.97 Å². The maximum atomic E-state index is 11.3. The number of esters is 1. The molecule has 4 heteroatoms. The lowest BCUT2D eigenvalue weighted by molar-refractivity contribution is -0.118. The average molecular weight is 249 g/mol. The molecule has 0 aliphatic heterocycles. The molecule has 1 aromatic carbocycles. The summed E-state index contributed by atoms with van der Waals surface area (Å²) >= 11 is 0. The number of amides is 1. The van der Waals surface area contributed by atoms with Crippen LogP contribution < -0.4 is 0 Å². The molecular weight excluding hydrogens is 230 g/mol. The first-order valence-corrected chi connectivity index (χ1v) is 6.07. The van der Waals surface area contributed by atoms with Crippen LogP contribution in [0.15, 0.2) is 24.3 Å². The van der Waals surface area contributed by atoms with Crippen molar-refractivity contribution in [1.29, 1.82) is 0 Å². The zero-order chi connectivity index (χ0) is 13.4. The standard InChI is InChI=1S/C14H19NO3/c1-3-4-9-15(11-16)10-12-5-7-13(8-6-12)14(17)18-2/h5-8,11H,3-4,9-10H2,1-2H3. The molecule has 0 unspecified atom stereocenters. The number of hydrogen-bond donors (Lipinski definition) is 0. The summed E-state index contributed by atoms with van der Waals surface area (Å²) in [5.41, 5.74) is 1.53. The Labute approximate surface area is 108 Å². The predicted octanol–water partition coefficient (Wildman–Crippen LogP) is 2.23. The fraction of sp³-hybridized carbons (Fsp3) is 0.429. The van der Waals surface area contributed by atoms with E-state index in [1.165, 1.54) is 7.11 Å². The number of methoxy groups -OCH3 is 1. The summed E-state index contributed by atoms with van der Waals surface area (Å²) < 4.78 is 4.63. The van der Waals surface area contributed by atoms with Crippen molar-refractivity contribution in [1.82, 2.24) is 4.90 Å². The first kappa shape index (κ1) is 14.2. The van der Waals surface area contributed by atoms with Crippen LogP contribution in [-0.4, -0.2) is 30.9 Å². The van der Waals surface area contributed by atoms with Crippen LogP contribution in [0.1, 0.15) is 35.7 Å². The molecule has 0 heterocycles. The van der Waals surface area contributed by atoms with Crippen LogP contribution in [0.25, 0.3) is 0 Å². The Hall–Kier alpha value is -1.84. The largest absolute Gasteiger partial charge is 0.465 e. The molecule has 0 fully saturated rings. The number of nitrogens with zero attached hydrogens (tertiary/aromatic N) is 1. The van der Waals surface area contributed by atoms with Crippen LogP contribution in [0.4, 0.5) is 0 Å². The highest BCUT2D eigenvalue weighted by Crippen LogP contribution is 2.08. The molecule has 0 radical (unpaired) electrons. The summed E-state index contributed by atoms with van der Waals surface area (Å²) in [4.78, 5) is 23.9. The molecule has 0 saturated carbocycles. The fourth-order valence-corrected chi connectivity index (χ4v) is 1.63. The molecule has 1 rings (SSSR count). The van der Waals surface area contributed by atoms with E-state index in [1.807, 2.05) is 12.1 Å². The van der Waals surface area contributed by atoms with Crippen LogP contribution >= 0.6 is 0 Å². The quantitative estimate of drug-likeness (QED) is 0.550. The molecule has 4 nitrogen and oxygen atoms in total. The van der Waals surface area contributed by atoms with Gasteiger partial charge in [0.25, 0.3) is 0 Å². The lowest BCUT2D eigenvalue weighted by Gasteiger charge is -2.16. The van der Waals surface area contributed by atoms with Gasteiger partial charge in [0.15, 0.2) is 0 Å². The fourth-order valence-electron chi connectivity index (χ4n) is 1.63. The van der Waals surface area contributed by atoms with Crippen molar-refractivity contribution in [3.05, 3.63) is 35.4 Å². The van der Waals surface area contributed by atoms with Gasteiger partial charge in [-0.2, -0.15) is 0 Å². The van der Waals surface area contributed by atoms with Crippen molar-refractivity contribution in [2.24, 2.45) is 0 Å². The van der Waals surface area contributed by atoms with E-state index in [2.05, 4.69) is 11.7 Å². The zero-order valence-corrected chi connectivity index (χ0v) is 10.9. The first-order chi connectivity index (χ1) is 8.71. The number of benzene rings is 1. The molecule has 0 spiro atoms. The topological polar surface area (TPSA) is 46.6 Å². The Balaban J connectivity index is 2.61. The second-order valence-corrected chi connectivity index (χ2v) is 4.12. The van der Waals surface area contributed by atoms with Gasteiger partial charge in [0.1, 0.15) is 0 Å². The van der Waals surface area contributed by atoms with Crippen LogP contribution in [-0.2, 0) is 16.1 Å². The van der Waals surface area contributed by atoms with E-state index in [4.69, 9.17) is 0 Å². The molecule has 18 heavy (non-hydrogen) atoms. The van der Waals surface area contributed by atoms with Crippen molar-refractivity contribution in [3.63, 3.8) is 0 Å². The van der Waals surface area contributed by atoms with Gasteiger partial charge in [0.05, 0.1) is 12.7 Å². The Morgan fingerprint density at radius 3 is 2.50 bits per heavy atom. The molecule has 0 aliphatic carbocycles. The molecule has 0 aliphatic rings. The molecule has 0 bridgehead atoms. The molecule has 0 N–H and O–H groups in total. The van der Waals surface area contributed by atoms with Crippen LogP contribution in [0.3, 0.4) is 0 Å². The van der Waals surface area contributed by atoms with Gasteiger partial charge in [0, 0.05) is 13.1 Å². The molecule has 1 amide bonds. The smallest absolute Gasteiger partial charge is 0.337 e. The van der Waals surface area contributed by atoms with Crippen molar-refractivity contribution in [2.75, 3.05) is 13.7 Å². The van der Waals surface area contributed by atoms with E-state index >= 15 is 0 Å². The van der Waals surface area contributed by atoms with E-state index in [1.54, 1.807) is 17.0 Å². The minimum Gasteiger partial charge on any atom is -0.465 e. The van der Waals surface area contributed by atoms with Gasteiger partial charge in [-0.25, -0.2) is 4.79 Å². The van der Waals surface area contributed by atoms with Crippen molar-refractivity contribution >= 4 is 12.4 Å². The maximum absolute atomic E-state index is 11.3. The summed E-state index contributed by atoms with van der Waals surface area (Å²) in [6, 6.07) is 7.11. The highest BCUT2D eigenvalue weighted by molar-refractivity contribution is 5.89. The number of carbonyl (C=O) groups is 2. The number of rotatable bonds is 7. The Kier molecular flexibility index (Phi) is 5.91. The van der Waals surface area contributed by atoms with Crippen molar-refractivity contribution in [2.45, 2.75) is 26.3 Å².